The van der Waals surface area contributed by atoms with Crippen LogP contribution in [0.4, 0.5) is 0 Å². The molecule has 18 heavy (non-hydrogen) atoms. The largest absolute Gasteiger partial charge is 0.329 e. The fraction of sp³-hybridized carbons (Fsp3) is 0.455. The van der Waals surface area contributed by atoms with Gasteiger partial charge in [-0.2, -0.15) is 5.26 Å². The van der Waals surface area contributed by atoms with Crippen molar-refractivity contribution in [3.8, 4) is 6.07 Å². The summed E-state index contributed by atoms with van der Waals surface area (Å²) in [5.74, 6) is 0.0936. The van der Waals surface area contributed by atoms with Crippen LogP contribution in [0.3, 0.4) is 0 Å². The molecule has 1 atom stereocenters. The molecule has 0 radical (unpaired) electrons. The van der Waals surface area contributed by atoms with E-state index < -0.39 is 10.0 Å². The van der Waals surface area contributed by atoms with Crippen LogP contribution in [0.25, 0.3) is 0 Å². The van der Waals surface area contributed by atoms with E-state index >= 15 is 0 Å². The zero-order valence-electron chi connectivity index (χ0n) is 10.3. The number of aromatic nitrogens is 1. The van der Waals surface area contributed by atoms with E-state index in [1.165, 1.54) is 12.1 Å². The first kappa shape index (κ1) is 14.6. The second-order valence-corrected chi connectivity index (χ2v) is 5.91. The number of sulfonamides is 1. The maximum absolute atomic E-state index is 12.0. The van der Waals surface area contributed by atoms with Crippen molar-refractivity contribution in [3.63, 3.8) is 0 Å². The minimum atomic E-state index is -3.64. The third-order valence-electron chi connectivity index (χ3n) is 2.53. The van der Waals surface area contributed by atoms with Gasteiger partial charge < -0.3 is 5.73 Å². The highest BCUT2D eigenvalue weighted by atomic mass is 32.2. The average molecular weight is 268 g/mol. The first-order chi connectivity index (χ1) is 8.40. The Morgan fingerprint density at radius 2 is 2.17 bits per heavy atom. The molecule has 0 spiro atoms. The van der Waals surface area contributed by atoms with Crippen LogP contribution < -0.4 is 10.5 Å². The Morgan fingerprint density at radius 1 is 1.50 bits per heavy atom. The normalized spacial score (nSPS) is 13.3. The van der Waals surface area contributed by atoms with Crippen molar-refractivity contribution in [1.29, 1.82) is 5.26 Å². The van der Waals surface area contributed by atoms with Gasteiger partial charge in [-0.05, 0) is 18.1 Å². The average Bonchev–Trinajstić information content (AvgIpc) is 2.35. The van der Waals surface area contributed by atoms with Gasteiger partial charge in [0.25, 0.3) is 0 Å². The summed E-state index contributed by atoms with van der Waals surface area (Å²) < 4.78 is 26.6. The molecular formula is C11H16N4O2S. The van der Waals surface area contributed by atoms with E-state index in [0.29, 0.717) is 0 Å². The second kappa shape index (κ2) is 5.91. The van der Waals surface area contributed by atoms with E-state index in [9.17, 15) is 8.42 Å². The molecule has 1 unspecified atom stereocenters. The van der Waals surface area contributed by atoms with E-state index in [1.54, 1.807) is 0 Å². The van der Waals surface area contributed by atoms with E-state index in [-0.39, 0.29) is 29.1 Å². The molecule has 0 amide bonds. The minimum absolute atomic E-state index is 0.0283. The van der Waals surface area contributed by atoms with Gasteiger partial charge in [-0.1, -0.05) is 13.8 Å². The Kier molecular flexibility index (Phi) is 4.78. The molecule has 1 heterocycles. The molecule has 7 heteroatoms. The fourth-order valence-electron chi connectivity index (χ4n) is 1.33. The van der Waals surface area contributed by atoms with Gasteiger partial charge in [-0.25, -0.2) is 18.1 Å². The lowest BCUT2D eigenvalue weighted by Gasteiger charge is -2.20. The van der Waals surface area contributed by atoms with Crippen LogP contribution in [0.1, 0.15) is 19.5 Å². The van der Waals surface area contributed by atoms with E-state index in [1.807, 2.05) is 19.9 Å². The Balaban J connectivity index is 2.96. The van der Waals surface area contributed by atoms with Crippen molar-refractivity contribution in [3.05, 3.63) is 24.0 Å². The summed E-state index contributed by atoms with van der Waals surface area (Å²) in [6, 6.07) is 4.21. The second-order valence-electron chi connectivity index (χ2n) is 4.20. The van der Waals surface area contributed by atoms with Crippen LogP contribution in [0.15, 0.2) is 23.2 Å². The Hall–Kier alpha value is -1.49. The first-order valence-corrected chi connectivity index (χ1v) is 6.97. The van der Waals surface area contributed by atoms with Gasteiger partial charge in [0, 0.05) is 18.8 Å². The molecule has 0 bridgehead atoms. The van der Waals surface area contributed by atoms with Crippen molar-refractivity contribution < 1.29 is 8.42 Å². The topological polar surface area (TPSA) is 109 Å². The highest BCUT2D eigenvalue weighted by molar-refractivity contribution is 7.89. The van der Waals surface area contributed by atoms with Crippen molar-refractivity contribution >= 4 is 10.0 Å². The zero-order chi connectivity index (χ0) is 13.8. The van der Waals surface area contributed by atoms with Gasteiger partial charge in [-0.3, -0.25) is 0 Å². The monoisotopic (exact) mass is 268 g/mol. The Morgan fingerprint density at radius 3 is 2.56 bits per heavy atom. The Labute approximate surface area is 107 Å². The molecule has 6 nitrogen and oxygen atoms in total. The van der Waals surface area contributed by atoms with E-state index in [0.717, 1.165) is 6.20 Å². The summed E-state index contributed by atoms with van der Waals surface area (Å²) in [6.07, 6.45) is 1.16. The van der Waals surface area contributed by atoms with Crippen molar-refractivity contribution in [1.82, 2.24) is 9.71 Å². The number of nitrogens with two attached hydrogens (primary N) is 1. The van der Waals surface area contributed by atoms with Gasteiger partial charge in [-0.15, -0.1) is 0 Å². The number of nitrogens with one attached hydrogen (secondary N) is 1. The standard InChI is InChI=1S/C11H16N4O2S/c1-8(2)11(6-13)15-18(16,17)10-4-3-9(5-12)14-7-10/h3-4,7-8,11,15H,6,13H2,1-2H3. The summed E-state index contributed by atoms with van der Waals surface area (Å²) in [6.45, 7) is 3.99. The van der Waals surface area contributed by atoms with Crippen molar-refractivity contribution in [2.75, 3.05) is 6.54 Å². The summed E-state index contributed by atoms with van der Waals surface area (Å²) >= 11 is 0. The molecule has 1 rings (SSSR count). The first-order valence-electron chi connectivity index (χ1n) is 5.49. The lowest BCUT2D eigenvalue weighted by molar-refractivity contribution is 0.454. The van der Waals surface area contributed by atoms with E-state index in [2.05, 4.69) is 9.71 Å². The number of pyridine rings is 1. The number of nitriles is 1. The third-order valence-corrected chi connectivity index (χ3v) is 4.00. The molecule has 3 N–H and O–H groups in total. The number of hydrogen-bond acceptors (Lipinski definition) is 5. The highest BCUT2D eigenvalue weighted by Gasteiger charge is 2.21. The van der Waals surface area contributed by atoms with Crippen LogP contribution in [0, 0.1) is 17.2 Å². The Bertz CT molecular complexity index is 531. The van der Waals surface area contributed by atoms with Crippen molar-refractivity contribution in [2.24, 2.45) is 11.7 Å². The van der Waals surface area contributed by atoms with Crippen LogP contribution in [-0.4, -0.2) is 26.0 Å². The predicted molar refractivity (Wildman–Crippen MR) is 67.0 cm³/mol. The van der Waals surface area contributed by atoms with Gasteiger partial charge in [0.05, 0.1) is 0 Å². The quantitative estimate of drug-likeness (QED) is 0.793. The van der Waals surface area contributed by atoms with Crippen LogP contribution in [0.2, 0.25) is 0 Å². The molecule has 0 aliphatic carbocycles. The lowest BCUT2D eigenvalue weighted by Crippen LogP contribution is -2.43. The zero-order valence-corrected chi connectivity index (χ0v) is 11.1. The molecule has 0 aromatic carbocycles. The van der Waals surface area contributed by atoms with Gasteiger partial charge in [0.2, 0.25) is 10.0 Å². The summed E-state index contributed by atoms with van der Waals surface area (Å²) in [4.78, 5) is 3.76. The molecule has 1 aromatic heterocycles. The molecule has 0 saturated carbocycles. The van der Waals surface area contributed by atoms with E-state index in [4.69, 9.17) is 11.0 Å². The predicted octanol–water partition coefficient (Wildman–Crippen LogP) is 0.215. The molecule has 1 aromatic rings. The molecule has 0 aliphatic rings. The smallest absolute Gasteiger partial charge is 0.242 e. The molecule has 0 aliphatic heterocycles. The molecule has 0 saturated heterocycles. The number of rotatable bonds is 5. The van der Waals surface area contributed by atoms with Crippen LogP contribution in [0.5, 0.6) is 0 Å². The van der Waals surface area contributed by atoms with Gasteiger partial charge in [0.15, 0.2) is 0 Å². The third kappa shape index (κ3) is 3.50. The summed E-state index contributed by atoms with van der Waals surface area (Å²) in [5, 5.41) is 8.59. The SMILES string of the molecule is CC(C)C(CN)NS(=O)(=O)c1ccc(C#N)nc1. The maximum Gasteiger partial charge on any atom is 0.242 e. The van der Waals surface area contributed by atoms with Crippen LogP contribution >= 0.6 is 0 Å². The van der Waals surface area contributed by atoms with Crippen molar-refractivity contribution in [2.45, 2.75) is 24.8 Å². The lowest BCUT2D eigenvalue weighted by atomic mass is 10.1. The number of nitrogens with zero attached hydrogens (tertiary/aromatic N) is 2. The number of hydrogen-bond donors (Lipinski definition) is 2. The molecule has 98 valence electrons. The van der Waals surface area contributed by atoms with Gasteiger partial charge in [0.1, 0.15) is 16.7 Å². The molecular weight excluding hydrogens is 252 g/mol. The highest BCUT2D eigenvalue weighted by Crippen LogP contribution is 2.10. The molecule has 0 fully saturated rings. The fourth-order valence-corrected chi connectivity index (χ4v) is 2.67. The van der Waals surface area contributed by atoms with Crippen LogP contribution in [-0.2, 0) is 10.0 Å². The summed E-state index contributed by atoms with van der Waals surface area (Å²) in [5.41, 5.74) is 5.69. The maximum atomic E-state index is 12.0. The summed E-state index contributed by atoms with van der Waals surface area (Å²) in [7, 11) is -3.64. The van der Waals surface area contributed by atoms with Gasteiger partial charge >= 0.3 is 0 Å². The minimum Gasteiger partial charge on any atom is -0.329 e.